The third-order valence-electron chi connectivity index (χ3n) is 6.61. The fourth-order valence-corrected chi connectivity index (χ4v) is 4.76. The first-order valence-electron chi connectivity index (χ1n) is 11.8. The molecule has 8 nitrogen and oxygen atoms in total. The van der Waals surface area contributed by atoms with Gasteiger partial charge in [-0.2, -0.15) is 0 Å². The fourth-order valence-electron chi connectivity index (χ4n) is 4.76. The van der Waals surface area contributed by atoms with E-state index >= 15 is 0 Å². The van der Waals surface area contributed by atoms with Crippen molar-refractivity contribution in [2.75, 3.05) is 31.1 Å². The third-order valence-corrected chi connectivity index (χ3v) is 6.61. The van der Waals surface area contributed by atoms with Crippen LogP contribution in [-0.4, -0.2) is 61.9 Å². The number of aromatic nitrogens is 5. The van der Waals surface area contributed by atoms with E-state index in [0.29, 0.717) is 50.3 Å². The Labute approximate surface area is 202 Å². The quantitative estimate of drug-likeness (QED) is 0.398. The predicted octanol–water partition coefficient (Wildman–Crippen LogP) is 3.31. The van der Waals surface area contributed by atoms with E-state index in [0.717, 1.165) is 27.7 Å². The molecule has 0 N–H and O–H groups in total. The zero-order valence-electron chi connectivity index (χ0n) is 19.3. The van der Waals surface area contributed by atoms with Crippen LogP contribution in [0.2, 0.25) is 0 Å². The molecule has 1 saturated heterocycles. The summed E-state index contributed by atoms with van der Waals surface area (Å²) in [6.07, 6.45) is 1.98. The Balaban J connectivity index is 1.15. The van der Waals surface area contributed by atoms with E-state index in [2.05, 4.69) is 55.5 Å². The van der Waals surface area contributed by atoms with Crippen molar-refractivity contribution in [3.63, 3.8) is 0 Å². The lowest BCUT2D eigenvalue weighted by Crippen LogP contribution is -2.49. The number of hydrogen-bond donors (Lipinski definition) is 0. The van der Waals surface area contributed by atoms with Crippen molar-refractivity contribution in [1.82, 2.24) is 29.9 Å². The summed E-state index contributed by atoms with van der Waals surface area (Å²) in [5.41, 5.74) is 3.62. The standard InChI is InChI=1S/C27H25N7O/c35-24(17-22-11-6-10-21-9-4-5-12-23(21)22)32-13-15-33(16-14-32)26-25-27(29-19-28-26)34(31-30-25)18-20-7-2-1-3-8-20/h1-12,19H,13-18H2. The van der Waals surface area contributed by atoms with Crippen molar-refractivity contribution >= 4 is 33.7 Å². The van der Waals surface area contributed by atoms with E-state index in [1.54, 1.807) is 11.0 Å². The summed E-state index contributed by atoms with van der Waals surface area (Å²) in [6.45, 7) is 3.28. The predicted molar refractivity (Wildman–Crippen MR) is 135 cm³/mol. The van der Waals surface area contributed by atoms with E-state index in [9.17, 15) is 4.79 Å². The number of carbonyl (C=O) groups is 1. The van der Waals surface area contributed by atoms with Gasteiger partial charge in [-0.3, -0.25) is 4.79 Å². The van der Waals surface area contributed by atoms with Crippen LogP contribution in [0.25, 0.3) is 21.9 Å². The number of fused-ring (bicyclic) bond motifs is 2. The van der Waals surface area contributed by atoms with Gasteiger partial charge in [0.1, 0.15) is 6.33 Å². The third kappa shape index (κ3) is 4.19. The normalized spacial score (nSPS) is 14.1. The molecule has 3 heterocycles. The Morgan fingerprint density at radius 3 is 2.46 bits per heavy atom. The number of benzene rings is 3. The molecule has 0 bridgehead atoms. The molecule has 3 aromatic carbocycles. The largest absolute Gasteiger partial charge is 0.351 e. The number of carbonyl (C=O) groups excluding carboxylic acids is 1. The van der Waals surface area contributed by atoms with Gasteiger partial charge in [0.25, 0.3) is 0 Å². The molecule has 1 fully saturated rings. The Bertz CT molecular complexity index is 1480. The first-order chi connectivity index (χ1) is 17.3. The van der Waals surface area contributed by atoms with Crippen molar-refractivity contribution in [3.8, 4) is 0 Å². The van der Waals surface area contributed by atoms with Crippen molar-refractivity contribution in [1.29, 1.82) is 0 Å². The first-order valence-corrected chi connectivity index (χ1v) is 11.8. The molecule has 1 amide bonds. The average Bonchev–Trinajstić information content (AvgIpc) is 3.32. The number of amides is 1. The molecule has 2 aromatic heterocycles. The van der Waals surface area contributed by atoms with Gasteiger partial charge in [0.2, 0.25) is 5.91 Å². The van der Waals surface area contributed by atoms with E-state index < -0.39 is 0 Å². The van der Waals surface area contributed by atoms with Crippen molar-refractivity contribution in [3.05, 3.63) is 90.3 Å². The van der Waals surface area contributed by atoms with Gasteiger partial charge in [0.05, 0.1) is 13.0 Å². The van der Waals surface area contributed by atoms with Crippen LogP contribution in [0.1, 0.15) is 11.1 Å². The van der Waals surface area contributed by atoms with E-state index in [1.165, 1.54) is 0 Å². The number of anilines is 1. The summed E-state index contributed by atoms with van der Waals surface area (Å²) in [5.74, 6) is 0.929. The summed E-state index contributed by atoms with van der Waals surface area (Å²) in [5, 5.41) is 11.0. The average molecular weight is 464 g/mol. The van der Waals surface area contributed by atoms with Crippen LogP contribution in [0.15, 0.2) is 79.1 Å². The second-order valence-corrected chi connectivity index (χ2v) is 8.79. The SMILES string of the molecule is O=C(Cc1cccc2ccccc12)N1CCN(c2ncnc3c2nnn3Cc2ccccc2)CC1. The highest BCUT2D eigenvalue weighted by molar-refractivity contribution is 5.90. The van der Waals surface area contributed by atoms with E-state index in [-0.39, 0.29) is 5.91 Å². The lowest BCUT2D eigenvalue weighted by atomic mass is 10.0. The molecule has 8 heteroatoms. The maximum absolute atomic E-state index is 13.1. The lowest BCUT2D eigenvalue weighted by Gasteiger charge is -2.35. The smallest absolute Gasteiger partial charge is 0.227 e. The van der Waals surface area contributed by atoms with E-state index in [4.69, 9.17) is 0 Å². The van der Waals surface area contributed by atoms with Crippen LogP contribution >= 0.6 is 0 Å². The molecule has 0 radical (unpaired) electrons. The van der Waals surface area contributed by atoms with Gasteiger partial charge < -0.3 is 9.80 Å². The van der Waals surface area contributed by atoms with Gasteiger partial charge in [0.15, 0.2) is 17.0 Å². The van der Waals surface area contributed by atoms with Gasteiger partial charge in [-0.05, 0) is 21.9 Å². The summed E-state index contributed by atoms with van der Waals surface area (Å²) in [4.78, 5) is 26.2. The maximum Gasteiger partial charge on any atom is 0.227 e. The van der Waals surface area contributed by atoms with Crippen LogP contribution in [-0.2, 0) is 17.8 Å². The highest BCUT2D eigenvalue weighted by Crippen LogP contribution is 2.23. The topological polar surface area (TPSA) is 80.0 Å². The van der Waals surface area contributed by atoms with Gasteiger partial charge >= 0.3 is 0 Å². The Morgan fingerprint density at radius 1 is 0.829 bits per heavy atom. The summed E-state index contributed by atoms with van der Waals surface area (Å²) >= 11 is 0. The monoisotopic (exact) mass is 463 g/mol. The van der Waals surface area contributed by atoms with E-state index in [1.807, 2.05) is 47.4 Å². The molecule has 0 atom stereocenters. The van der Waals surface area contributed by atoms with Gasteiger partial charge in [-0.25, -0.2) is 14.6 Å². The van der Waals surface area contributed by atoms with Crippen LogP contribution in [0, 0.1) is 0 Å². The van der Waals surface area contributed by atoms with Gasteiger partial charge in [-0.1, -0.05) is 78.0 Å². The number of hydrogen-bond acceptors (Lipinski definition) is 6. The number of piperazine rings is 1. The Morgan fingerprint density at radius 2 is 1.60 bits per heavy atom. The molecule has 0 spiro atoms. The van der Waals surface area contributed by atoms with Crippen molar-refractivity contribution in [2.45, 2.75) is 13.0 Å². The number of rotatable bonds is 5. The second kappa shape index (κ2) is 9.13. The molecular formula is C27H25N7O. The minimum absolute atomic E-state index is 0.155. The highest BCUT2D eigenvalue weighted by Gasteiger charge is 2.25. The van der Waals surface area contributed by atoms with Crippen LogP contribution in [0.4, 0.5) is 5.82 Å². The Hall–Kier alpha value is -4.33. The van der Waals surface area contributed by atoms with Gasteiger partial charge in [0, 0.05) is 26.2 Å². The molecule has 35 heavy (non-hydrogen) atoms. The summed E-state index contributed by atoms with van der Waals surface area (Å²) in [7, 11) is 0. The first kappa shape index (κ1) is 21.2. The Kier molecular flexibility index (Phi) is 5.54. The molecule has 174 valence electrons. The molecule has 0 saturated carbocycles. The van der Waals surface area contributed by atoms with Crippen molar-refractivity contribution in [2.24, 2.45) is 0 Å². The summed E-state index contributed by atoms with van der Waals surface area (Å²) < 4.78 is 1.81. The van der Waals surface area contributed by atoms with Crippen molar-refractivity contribution < 1.29 is 4.79 Å². The minimum atomic E-state index is 0.155. The lowest BCUT2D eigenvalue weighted by molar-refractivity contribution is -0.130. The minimum Gasteiger partial charge on any atom is -0.351 e. The molecule has 1 aliphatic rings. The molecule has 6 rings (SSSR count). The zero-order chi connectivity index (χ0) is 23.6. The molecule has 0 unspecified atom stereocenters. The molecule has 5 aromatic rings. The zero-order valence-corrected chi connectivity index (χ0v) is 19.3. The van der Waals surface area contributed by atoms with Crippen LogP contribution in [0.5, 0.6) is 0 Å². The van der Waals surface area contributed by atoms with Crippen LogP contribution in [0.3, 0.4) is 0 Å². The fraction of sp³-hybridized carbons (Fsp3) is 0.222. The molecule has 1 aliphatic heterocycles. The summed E-state index contributed by atoms with van der Waals surface area (Å²) in [6, 6.07) is 24.5. The van der Waals surface area contributed by atoms with Gasteiger partial charge in [-0.15, -0.1) is 5.10 Å². The number of nitrogens with zero attached hydrogens (tertiary/aromatic N) is 7. The molecule has 0 aliphatic carbocycles. The second-order valence-electron chi connectivity index (χ2n) is 8.79. The van der Waals surface area contributed by atoms with Crippen LogP contribution < -0.4 is 4.90 Å². The maximum atomic E-state index is 13.1. The highest BCUT2D eigenvalue weighted by atomic mass is 16.2. The molecular weight excluding hydrogens is 438 g/mol.